The zero-order valence-corrected chi connectivity index (χ0v) is 20.3. The van der Waals surface area contributed by atoms with Gasteiger partial charge in [-0.25, -0.2) is 9.59 Å². The lowest BCUT2D eigenvalue weighted by molar-refractivity contribution is -0.123. The van der Waals surface area contributed by atoms with Crippen molar-refractivity contribution in [3.05, 3.63) is 65.2 Å². The maximum atomic E-state index is 13.3. The third-order valence-electron chi connectivity index (χ3n) is 7.07. The number of nitrogens with one attached hydrogen (secondary N) is 2. The molecule has 35 heavy (non-hydrogen) atoms. The molecule has 0 radical (unpaired) electrons. The Bertz CT molecular complexity index is 1230. The van der Waals surface area contributed by atoms with Crippen LogP contribution in [0.5, 0.6) is 0 Å². The van der Waals surface area contributed by atoms with Crippen molar-refractivity contribution < 1.29 is 23.5 Å². The van der Waals surface area contributed by atoms with Gasteiger partial charge in [0.25, 0.3) is 5.91 Å². The Balaban J connectivity index is 1.48. The molecule has 0 saturated heterocycles. The quantitative estimate of drug-likeness (QED) is 0.483. The normalized spacial score (nSPS) is 15.3. The van der Waals surface area contributed by atoms with Gasteiger partial charge in [-0.2, -0.15) is 0 Å². The van der Waals surface area contributed by atoms with E-state index in [1.165, 1.54) is 6.26 Å². The summed E-state index contributed by atoms with van der Waals surface area (Å²) in [6.07, 6.45) is 5.08. The van der Waals surface area contributed by atoms with Crippen LogP contribution in [0.15, 0.2) is 47.1 Å². The first-order valence-electron chi connectivity index (χ1n) is 12.0. The molecular formula is C27H31N3O5. The lowest BCUT2D eigenvalue weighted by Crippen LogP contribution is -2.41. The number of amides is 3. The number of nitrogens with zero attached hydrogens (tertiary/aromatic N) is 1. The number of fused-ring (bicyclic) bond motifs is 2. The van der Waals surface area contributed by atoms with Crippen molar-refractivity contribution in [3.63, 3.8) is 0 Å². The van der Waals surface area contributed by atoms with E-state index in [0.29, 0.717) is 22.6 Å². The number of aryl methyl sites for hydroxylation is 1. The fourth-order valence-corrected chi connectivity index (χ4v) is 4.57. The van der Waals surface area contributed by atoms with Crippen LogP contribution in [0.1, 0.15) is 61.0 Å². The highest BCUT2D eigenvalue weighted by Crippen LogP contribution is 2.41. The molecule has 8 heteroatoms. The Morgan fingerprint density at radius 2 is 1.97 bits per heavy atom. The van der Waals surface area contributed by atoms with Crippen molar-refractivity contribution in [2.45, 2.75) is 53.0 Å². The number of urea groups is 1. The van der Waals surface area contributed by atoms with Gasteiger partial charge >= 0.3 is 12.0 Å². The highest BCUT2D eigenvalue weighted by atomic mass is 16.5. The third kappa shape index (κ3) is 5.53. The number of hydrogen-bond donors (Lipinski definition) is 2. The first-order chi connectivity index (χ1) is 16.8. The van der Waals surface area contributed by atoms with Crippen LogP contribution < -0.4 is 10.6 Å². The topological polar surface area (TPSA) is 111 Å². The number of rotatable bonds is 7. The van der Waals surface area contributed by atoms with Gasteiger partial charge in [0.15, 0.2) is 6.61 Å². The van der Waals surface area contributed by atoms with Crippen molar-refractivity contribution in [1.82, 2.24) is 15.6 Å². The van der Waals surface area contributed by atoms with Gasteiger partial charge in [0.2, 0.25) is 0 Å². The molecule has 1 aliphatic carbocycles. The highest BCUT2D eigenvalue weighted by molar-refractivity contribution is 6.06. The minimum absolute atomic E-state index is 0.132. The fraction of sp³-hybridized carbons (Fsp3) is 0.407. The molecule has 184 valence electrons. The molecule has 0 spiro atoms. The fourth-order valence-electron chi connectivity index (χ4n) is 4.57. The summed E-state index contributed by atoms with van der Waals surface area (Å²) in [5.74, 6) is -0.331. The molecule has 3 amide bonds. The van der Waals surface area contributed by atoms with Gasteiger partial charge in [-0.15, -0.1) is 0 Å². The first kappa shape index (κ1) is 24.4. The molecule has 0 aliphatic heterocycles. The van der Waals surface area contributed by atoms with Crippen molar-refractivity contribution in [3.8, 4) is 0 Å². The number of furan rings is 1. The summed E-state index contributed by atoms with van der Waals surface area (Å²) in [5, 5.41) is 5.39. The predicted molar refractivity (Wildman–Crippen MR) is 131 cm³/mol. The van der Waals surface area contributed by atoms with Crippen LogP contribution in [-0.4, -0.2) is 29.5 Å². The van der Waals surface area contributed by atoms with E-state index in [-0.39, 0.29) is 12.0 Å². The van der Waals surface area contributed by atoms with Gasteiger partial charge in [0.1, 0.15) is 5.76 Å². The number of imide groups is 1. The summed E-state index contributed by atoms with van der Waals surface area (Å²) in [6, 6.07) is 10.2. The molecule has 1 atom stereocenters. The van der Waals surface area contributed by atoms with Gasteiger partial charge in [-0.3, -0.25) is 15.1 Å². The van der Waals surface area contributed by atoms with Crippen LogP contribution in [0.2, 0.25) is 0 Å². The zero-order valence-electron chi connectivity index (χ0n) is 20.3. The number of ether oxygens (including phenoxy) is 1. The summed E-state index contributed by atoms with van der Waals surface area (Å²) in [7, 11) is 0. The largest absolute Gasteiger partial charge is 0.467 e. The van der Waals surface area contributed by atoms with Crippen molar-refractivity contribution in [1.29, 1.82) is 0 Å². The van der Waals surface area contributed by atoms with Crippen molar-refractivity contribution in [2.75, 3.05) is 6.61 Å². The monoisotopic (exact) mass is 477 g/mol. The second kappa shape index (κ2) is 10.3. The smallest absolute Gasteiger partial charge is 0.339 e. The predicted octanol–water partition coefficient (Wildman–Crippen LogP) is 4.55. The summed E-state index contributed by atoms with van der Waals surface area (Å²) in [6.45, 7) is 6.28. The second-order valence-electron chi connectivity index (χ2n) is 9.60. The number of hydrogen-bond acceptors (Lipinski definition) is 6. The molecule has 4 rings (SSSR count). The molecule has 2 heterocycles. The summed E-state index contributed by atoms with van der Waals surface area (Å²) < 4.78 is 10.5. The summed E-state index contributed by atoms with van der Waals surface area (Å²) in [5.41, 5.74) is 3.15. The van der Waals surface area contributed by atoms with Crippen molar-refractivity contribution in [2.24, 2.45) is 11.3 Å². The average molecular weight is 478 g/mol. The number of benzene rings is 1. The van der Waals surface area contributed by atoms with E-state index in [1.807, 2.05) is 24.3 Å². The van der Waals surface area contributed by atoms with E-state index >= 15 is 0 Å². The Kier molecular flexibility index (Phi) is 7.19. The molecule has 0 bridgehead atoms. The van der Waals surface area contributed by atoms with E-state index in [2.05, 4.69) is 31.4 Å². The van der Waals surface area contributed by atoms with E-state index in [1.54, 1.807) is 12.1 Å². The number of carbonyl (C=O) groups is 3. The highest BCUT2D eigenvalue weighted by Gasteiger charge is 2.34. The van der Waals surface area contributed by atoms with Gasteiger partial charge in [0.05, 0.1) is 23.9 Å². The van der Waals surface area contributed by atoms with Crippen LogP contribution in [0.3, 0.4) is 0 Å². The molecule has 1 unspecified atom stereocenters. The Hall–Kier alpha value is -3.68. The van der Waals surface area contributed by atoms with Gasteiger partial charge in [-0.05, 0) is 54.4 Å². The number of carbonyl (C=O) groups excluding carboxylic acids is 3. The lowest BCUT2D eigenvalue weighted by Gasteiger charge is -2.37. The molecule has 0 saturated carbocycles. The summed E-state index contributed by atoms with van der Waals surface area (Å²) in [4.78, 5) is 42.3. The lowest BCUT2D eigenvalue weighted by atomic mass is 9.68. The number of aromatic nitrogens is 1. The van der Waals surface area contributed by atoms with Crippen LogP contribution in [-0.2, 0) is 28.9 Å². The average Bonchev–Trinajstić information content (AvgIpc) is 3.38. The molecule has 2 aromatic heterocycles. The first-order valence-corrected chi connectivity index (χ1v) is 12.0. The van der Waals surface area contributed by atoms with Crippen LogP contribution >= 0.6 is 0 Å². The molecule has 0 fully saturated rings. The van der Waals surface area contributed by atoms with Gasteiger partial charge < -0.3 is 14.5 Å². The SMILES string of the molecule is CCC(C)(C)C1CCc2nc3ccccc3c(C(=O)OCC(=O)NC(=O)NCc3ccco3)c2C1. The molecule has 1 aromatic carbocycles. The molecule has 8 nitrogen and oxygen atoms in total. The number of pyridine rings is 1. The molecule has 3 aromatic rings. The van der Waals surface area contributed by atoms with Gasteiger partial charge in [-0.1, -0.05) is 45.4 Å². The van der Waals surface area contributed by atoms with Gasteiger partial charge in [0, 0.05) is 11.1 Å². The Morgan fingerprint density at radius 3 is 2.71 bits per heavy atom. The van der Waals surface area contributed by atoms with Crippen LogP contribution in [0.25, 0.3) is 10.9 Å². The maximum Gasteiger partial charge on any atom is 0.339 e. The van der Waals surface area contributed by atoms with E-state index < -0.39 is 24.5 Å². The van der Waals surface area contributed by atoms with E-state index in [4.69, 9.17) is 14.1 Å². The standard InChI is InChI=1S/C27H31N3O5/c1-4-27(2,3)17-11-12-22-20(14-17)24(19-9-5-6-10-21(19)29-22)25(32)35-16-23(31)30-26(33)28-15-18-8-7-13-34-18/h5-10,13,17H,4,11-12,14-16H2,1-3H3,(H2,28,30,31,33). The van der Waals surface area contributed by atoms with E-state index in [9.17, 15) is 14.4 Å². The summed E-state index contributed by atoms with van der Waals surface area (Å²) >= 11 is 0. The Morgan fingerprint density at radius 1 is 1.17 bits per heavy atom. The Labute approximate surface area is 204 Å². The van der Waals surface area contributed by atoms with Crippen LogP contribution in [0.4, 0.5) is 4.79 Å². The maximum absolute atomic E-state index is 13.3. The third-order valence-corrected chi connectivity index (χ3v) is 7.07. The zero-order chi connectivity index (χ0) is 25.0. The second-order valence-corrected chi connectivity index (χ2v) is 9.60. The molecule has 2 N–H and O–H groups in total. The minimum Gasteiger partial charge on any atom is -0.467 e. The van der Waals surface area contributed by atoms with E-state index in [0.717, 1.165) is 42.5 Å². The molecular weight excluding hydrogens is 446 g/mol. The minimum atomic E-state index is -0.715. The number of para-hydroxylation sites is 1. The van der Waals surface area contributed by atoms with Crippen LogP contribution in [0, 0.1) is 11.3 Å². The molecule has 1 aliphatic rings. The number of esters is 1. The van der Waals surface area contributed by atoms with Crippen molar-refractivity contribution >= 4 is 28.8 Å².